The number of sulfonamides is 1. The Morgan fingerprint density at radius 2 is 1.96 bits per heavy atom. The number of nitro groups is 1. The highest BCUT2D eigenvalue weighted by atomic mass is 35.5. The number of hydrogen-bond acceptors (Lipinski definition) is 6. The monoisotopic (exact) mass is 403 g/mol. The van der Waals surface area contributed by atoms with Gasteiger partial charge in [0.25, 0.3) is 5.69 Å². The van der Waals surface area contributed by atoms with Crippen molar-refractivity contribution in [1.29, 1.82) is 0 Å². The van der Waals surface area contributed by atoms with Crippen LogP contribution in [0.5, 0.6) is 0 Å². The second-order valence-corrected chi connectivity index (χ2v) is 8.68. The Balaban J connectivity index is 1.75. The van der Waals surface area contributed by atoms with Gasteiger partial charge >= 0.3 is 6.09 Å². The topological polar surface area (TPSA) is 110 Å². The molecule has 2 aliphatic heterocycles. The molecule has 2 fully saturated rings. The molecule has 3 rings (SSSR count). The number of nitrogens with zero attached hydrogens (tertiary/aromatic N) is 3. The van der Waals surface area contributed by atoms with Crippen molar-refractivity contribution in [2.75, 3.05) is 19.7 Å². The van der Waals surface area contributed by atoms with Crippen LogP contribution in [0.3, 0.4) is 0 Å². The van der Waals surface area contributed by atoms with Gasteiger partial charge < -0.3 is 4.74 Å². The highest BCUT2D eigenvalue weighted by Crippen LogP contribution is 2.31. The molecule has 142 valence electrons. The Morgan fingerprint density at radius 3 is 2.50 bits per heavy atom. The first kappa shape index (κ1) is 18.9. The van der Waals surface area contributed by atoms with Crippen molar-refractivity contribution in [2.24, 2.45) is 0 Å². The lowest BCUT2D eigenvalue weighted by Crippen LogP contribution is -2.49. The Morgan fingerprint density at radius 1 is 1.31 bits per heavy atom. The molecular formula is C15H18ClN3O6S. The average Bonchev–Trinajstić information content (AvgIpc) is 2.93. The number of halogens is 1. The van der Waals surface area contributed by atoms with Crippen molar-refractivity contribution in [1.82, 2.24) is 9.21 Å². The predicted molar refractivity (Wildman–Crippen MR) is 92.5 cm³/mol. The molecule has 0 aliphatic carbocycles. The molecule has 1 aromatic carbocycles. The largest absolute Gasteiger partial charge is 0.447 e. The molecule has 0 radical (unpaired) electrons. The van der Waals surface area contributed by atoms with Gasteiger partial charge in [0.15, 0.2) is 0 Å². The Bertz CT molecular complexity index is 838. The van der Waals surface area contributed by atoms with Crippen LogP contribution >= 0.6 is 11.6 Å². The fourth-order valence-corrected chi connectivity index (χ4v) is 5.02. The maximum atomic E-state index is 12.8. The molecule has 0 aromatic heterocycles. The first-order chi connectivity index (χ1) is 12.2. The fourth-order valence-electron chi connectivity index (χ4n) is 3.34. The van der Waals surface area contributed by atoms with Gasteiger partial charge in [-0.05, 0) is 31.9 Å². The molecule has 2 heterocycles. The van der Waals surface area contributed by atoms with E-state index in [1.807, 2.05) is 6.92 Å². The van der Waals surface area contributed by atoms with E-state index in [0.29, 0.717) is 19.4 Å². The van der Waals surface area contributed by atoms with Crippen molar-refractivity contribution in [3.63, 3.8) is 0 Å². The van der Waals surface area contributed by atoms with E-state index in [1.165, 1.54) is 16.4 Å². The molecule has 1 atom stereocenters. The molecule has 2 aliphatic rings. The number of rotatable bonds is 4. The molecule has 26 heavy (non-hydrogen) atoms. The van der Waals surface area contributed by atoms with Crippen LogP contribution in [0.4, 0.5) is 10.5 Å². The summed E-state index contributed by atoms with van der Waals surface area (Å²) in [6.07, 6.45) is 0.593. The third-order valence-electron chi connectivity index (χ3n) is 4.70. The molecular weight excluding hydrogens is 386 g/mol. The smallest absolute Gasteiger partial charge is 0.410 e. The van der Waals surface area contributed by atoms with Gasteiger partial charge in [-0.15, -0.1) is 0 Å². The van der Waals surface area contributed by atoms with Crippen molar-refractivity contribution in [3.8, 4) is 0 Å². The summed E-state index contributed by atoms with van der Waals surface area (Å²) < 4.78 is 31.9. The van der Waals surface area contributed by atoms with Crippen LogP contribution in [0.15, 0.2) is 23.1 Å². The second-order valence-electron chi connectivity index (χ2n) is 6.34. The van der Waals surface area contributed by atoms with Gasteiger partial charge in [-0.2, -0.15) is 4.31 Å². The average molecular weight is 404 g/mol. The molecule has 0 N–H and O–H groups in total. The molecule has 1 aromatic rings. The maximum Gasteiger partial charge on any atom is 0.410 e. The first-order valence-corrected chi connectivity index (χ1v) is 9.93. The van der Waals surface area contributed by atoms with E-state index in [2.05, 4.69) is 0 Å². The Kier molecular flexibility index (Phi) is 5.09. The zero-order chi connectivity index (χ0) is 19.1. The van der Waals surface area contributed by atoms with Crippen molar-refractivity contribution in [2.45, 2.75) is 36.7 Å². The Labute approximate surface area is 155 Å². The maximum absolute atomic E-state index is 12.8. The van der Waals surface area contributed by atoms with E-state index in [1.54, 1.807) is 4.90 Å². The van der Waals surface area contributed by atoms with E-state index in [4.69, 9.17) is 16.3 Å². The highest BCUT2D eigenvalue weighted by Gasteiger charge is 2.39. The SMILES string of the molecule is CC1COC(=O)N1C1CCN(S(=O)(=O)c2ccc(Cl)c([N+](=O)[O-])c2)CC1. The Hall–Kier alpha value is -1.91. The molecule has 11 heteroatoms. The molecule has 0 spiro atoms. The number of hydrogen-bond donors (Lipinski definition) is 0. The van der Waals surface area contributed by atoms with Crippen LogP contribution in [0.25, 0.3) is 0 Å². The molecule has 2 saturated heterocycles. The number of nitro benzene ring substituents is 1. The van der Waals surface area contributed by atoms with E-state index < -0.39 is 20.6 Å². The van der Waals surface area contributed by atoms with Crippen molar-refractivity contribution >= 4 is 33.4 Å². The van der Waals surface area contributed by atoms with Gasteiger partial charge in [-0.25, -0.2) is 13.2 Å². The van der Waals surface area contributed by atoms with E-state index in [9.17, 15) is 23.3 Å². The van der Waals surface area contributed by atoms with Gasteiger partial charge in [0.05, 0.1) is 15.9 Å². The molecule has 9 nitrogen and oxygen atoms in total. The zero-order valence-corrected chi connectivity index (χ0v) is 15.6. The number of amides is 1. The summed E-state index contributed by atoms with van der Waals surface area (Å²) in [7, 11) is -3.87. The number of ether oxygens (including phenoxy) is 1. The lowest BCUT2D eigenvalue weighted by Gasteiger charge is -2.36. The van der Waals surface area contributed by atoms with Crippen LogP contribution < -0.4 is 0 Å². The van der Waals surface area contributed by atoms with Crippen LogP contribution in [0, 0.1) is 10.1 Å². The fraction of sp³-hybridized carbons (Fsp3) is 0.533. The van der Waals surface area contributed by atoms with Crippen molar-refractivity contribution in [3.05, 3.63) is 33.3 Å². The molecule has 0 saturated carbocycles. The number of carbonyl (C=O) groups excluding carboxylic acids is 1. The van der Waals surface area contributed by atoms with Gasteiger partial charge in [-0.3, -0.25) is 15.0 Å². The van der Waals surface area contributed by atoms with Crippen LogP contribution in [-0.2, 0) is 14.8 Å². The quantitative estimate of drug-likeness (QED) is 0.563. The number of piperidine rings is 1. The standard InChI is InChI=1S/C15H18ClN3O6S/c1-10-9-25-15(20)18(10)11-4-6-17(7-5-11)26(23,24)12-2-3-13(16)14(8-12)19(21)22/h2-3,8,10-11H,4-7,9H2,1H3. The zero-order valence-electron chi connectivity index (χ0n) is 14.0. The van der Waals surface area contributed by atoms with E-state index in [0.717, 1.165) is 6.07 Å². The third kappa shape index (κ3) is 3.36. The highest BCUT2D eigenvalue weighted by molar-refractivity contribution is 7.89. The van der Waals surface area contributed by atoms with Crippen LogP contribution in [0.2, 0.25) is 5.02 Å². The summed E-state index contributed by atoms with van der Waals surface area (Å²) in [6, 6.07) is 3.34. The summed E-state index contributed by atoms with van der Waals surface area (Å²) in [4.78, 5) is 23.6. The molecule has 1 unspecified atom stereocenters. The van der Waals surface area contributed by atoms with E-state index in [-0.39, 0.29) is 41.2 Å². The van der Waals surface area contributed by atoms with Gasteiger partial charge in [0.1, 0.15) is 11.6 Å². The summed E-state index contributed by atoms with van der Waals surface area (Å²) in [5.41, 5.74) is -0.448. The van der Waals surface area contributed by atoms with Gasteiger partial charge in [0.2, 0.25) is 10.0 Å². The normalized spacial score (nSPS) is 22.5. The third-order valence-corrected chi connectivity index (χ3v) is 6.92. The first-order valence-electron chi connectivity index (χ1n) is 8.11. The molecule has 1 amide bonds. The van der Waals surface area contributed by atoms with Crippen LogP contribution in [-0.4, -0.2) is 60.4 Å². The number of benzene rings is 1. The summed E-state index contributed by atoms with van der Waals surface area (Å²) >= 11 is 5.75. The number of carbonyl (C=O) groups is 1. The lowest BCUT2D eigenvalue weighted by molar-refractivity contribution is -0.384. The van der Waals surface area contributed by atoms with Gasteiger partial charge in [-0.1, -0.05) is 11.6 Å². The molecule has 0 bridgehead atoms. The van der Waals surface area contributed by atoms with E-state index >= 15 is 0 Å². The van der Waals surface area contributed by atoms with Crippen LogP contribution in [0.1, 0.15) is 19.8 Å². The minimum absolute atomic E-state index is 0.0328. The lowest BCUT2D eigenvalue weighted by atomic mass is 10.0. The summed E-state index contributed by atoms with van der Waals surface area (Å²) in [5.74, 6) is 0. The second kappa shape index (κ2) is 7.01. The predicted octanol–water partition coefficient (Wildman–Crippen LogP) is 2.24. The minimum atomic E-state index is -3.87. The number of cyclic esters (lactones) is 1. The summed E-state index contributed by atoms with van der Waals surface area (Å²) in [6.45, 7) is 2.67. The van der Waals surface area contributed by atoms with Crippen molar-refractivity contribution < 1.29 is 22.9 Å². The van der Waals surface area contributed by atoms with Gasteiger partial charge in [0, 0.05) is 25.2 Å². The summed E-state index contributed by atoms with van der Waals surface area (Å²) in [5, 5.41) is 10.9. The minimum Gasteiger partial charge on any atom is -0.447 e.